The molecule has 0 radical (unpaired) electrons. The van der Waals surface area contributed by atoms with E-state index in [2.05, 4.69) is 0 Å². The van der Waals surface area contributed by atoms with Gasteiger partial charge in [0.25, 0.3) is 5.91 Å². The van der Waals surface area contributed by atoms with E-state index in [4.69, 9.17) is 0 Å². The number of halogens is 3. The predicted molar refractivity (Wildman–Crippen MR) is 72.9 cm³/mol. The number of fused-ring (bicyclic) bond motifs is 1. The Kier molecular flexibility index (Phi) is 3.65. The summed E-state index contributed by atoms with van der Waals surface area (Å²) in [4.78, 5) is 15.0. The summed E-state index contributed by atoms with van der Waals surface area (Å²) in [6, 6.07) is 2.64. The van der Waals surface area contributed by atoms with Crippen LogP contribution in [0.25, 0.3) is 0 Å². The number of nitrogens with zero attached hydrogens (tertiary/aromatic N) is 2. The van der Waals surface area contributed by atoms with Crippen molar-refractivity contribution >= 4 is 5.91 Å². The first-order chi connectivity index (χ1) is 10.3. The Hall–Kier alpha value is -1.60. The first-order valence-electron chi connectivity index (χ1n) is 7.18. The van der Waals surface area contributed by atoms with Gasteiger partial charge < -0.3 is 10.0 Å². The number of aliphatic hydroxyl groups excluding tert-OH is 1. The van der Waals surface area contributed by atoms with Crippen molar-refractivity contribution in [3.05, 3.63) is 34.4 Å². The van der Waals surface area contributed by atoms with E-state index in [0.717, 1.165) is 12.5 Å². The number of aliphatic hydroxyl groups is 1. The van der Waals surface area contributed by atoms with Gasteiger partial charge in [0.2, 0.25) is 0 Å². The molecule has 1 unspecified atom stereocenters. The van der Waals surface area contributed by atoms with Crippen molar-refractivity contribution < 1.29 is 23.1 Å². The van der Waals surface area contributed by atoms with Crippen LogP contribution in [0.4, 0.5) is 13.2 Å². The maximum atomic E-state index is 13.3. The summed E-state index contributed by atoms with van der Waals surface area (Å²) < 4.78 is 39.8. The van der Waals surface area contributed by atoms with E-state index in [9.17, 15) is 23.1 Å². The number of alkyl halides is 3. The molecule has 2 aliphatic heterocycles. The molecule has 0 saturated carbocycles. The molecule has 0 bridgehead atoms. The lowest BCUT2D eigenvalue weighted by Crippen LogP contribution is -2.28. The van der Waals surface area contributed by atoms with Gasteiger partial charge in [0.15, 0.2) is 0 Å². The second-order valence-corrected chi connectivity index (χ2v) is 5.92. The fourth-order valence-corrected chi connectivity index (χ4v) is 3.18. The fourth-order valence-electron chi connectivity index (χ4n) is 3.18. The molecule has 1 N–H and O–H groups in total. The number of amides is 1. The van der Waals surface area contributed by atoms with Crippen molar-refractivity contribution in [1.82, 2.24) is 9.80 Å². The van der Waals surface area contributed by atoms with Crippen LogP contribution < -0.4 is 0 Å². The van der Waals surface area contributed by atoms with Crippen molar-refractivity contribution in [2.24, 2.45) is 0 Å². The lowest BCUT2D eigenvalue weighted by atomic mass is 9.98. The second kappa shape index (κ2) is 5.24. The number of benzene rings is 1. The molecule has 1 atom stereocenters. The highest BCUT2D eigenvalue weighted by atomic mass is 19.4. The van der Waals surface area contributed by atoms with Gasteiger partial charge in [-0.3, -0.25) is 9.69 Å². The number of hydrogen-bond acceptors (Lipinski definition) is 3. The monoisotopic (exact) mass is 314 g/mol. The zero-order valence-corrected chi connectivity index (χ0v) is 12.2. The minimum Gasteiger partial charge on any atom is -0.378 e. The van der Waals surface area contributed by atoms with Gasteiger partial charge >= 0.3 is 6.18 Å². The van der Waals surface area contributed by atoms with Crippen molar-refractivity contribution in [2.45, 2.75) is 38.3 Å². The third-order valence-electron chi connectivity index (χ3n) is 4.30. The average molecular weight is 314 g/mol. The molecular weight excluding hydrogens is 297 g/mol. The quantitative estimate of drug-likeness (QED) is 0.910. The van der Waals surface area contributed by atoms with Gasteiger partial charge in [-0.2, -0.15) is 13.2 Å². The van der Waals surface area contributed by atoms with E-state index in [1.165, 1.54) is 18.0 Å². The Morgan fingerprint density at radius 3 is 2.68 bits per heavy atom. The summed E-state index contributed by atoms with van der Waals surface area (Å²) in [5, 5.41) is 9.80. The SMILES string of the molecule is CN1Cc2c(cc(CN3CCCC3O)cc2C(F)(F)F)C1=O. The van der Waals surface area contributed by atoms with Gasteiger partial charge in [-0.05, 0) is 36.1 Å². The highest BCUT2D eigenvalue weighted by Crippen LogP contribution is 2.38. The van der Waals surface area contributed by atoms with Crippen LogP contribution in [0.15, 0.2) is 12.1 Å². The number of rotatable bonds is 2. The average Bonchev–Trinajstić information content (AvgIpc) is 2.94. The Balaban J connectivity index is 2.00. The lowest BCUT2D eigenvalue weighted by molar-refractivity contribution is -0.138. The molecule has 1 aromatic rings. The molecule has 0 aromatic heterocycles. The highest BCUT2D eigenvalue weighted by Gasteiger charge is 2.39. The Labute approximate surface area is 126 Å². The largest absolute Gasteiger partial charge is 0.416 e. The Morgan fingerprint density at radius 1 is 1.36 bits per heavy atom. The molecule has 22 heavy (non-hydrogen) atoms. The molecule has 120 valence electrons. The van der Waals surface area contributed by atoms with E-state index in [1.54, 1.807) is 4.90 Å². The summed E-state index contributed by atoms with van der Waals surface area (Å²) in [7, 11) is 1.49. The van der Waals surface area contributed by atoms with E-state index in [1.807, 2.05) is 0 Å². The molecule has 1 aromatic carbocycles. The van der Waals surface area contributed by atoms with Crippen LogP contribution in [0, 0.1) is 0 Å². The first kappa shape index (κ1) is 15.3. The molecule has 2 heterocycles. The van der Waals surface area contributed by atoms with Crippen LogP contribution >= 0.6 is 0 Å². The van der Waals surface area contributed by atoms with Crippen molar-refractivity contribution in [1.29, 1.82) is 0 Å². The van der Waals surface area contributed by atoms with Crippen LogP contribution in [0.2, 0.25) is 0 Å². The van der Waals surface area contributed by atoms with Crippen LogP contribution in [0.5, 0.6) is 0 Å². The standard InChI is InChI=1S/C15H17F3N2O2/c1-19-8-11-10(14(19)22)5-9(6-12(11)15(16,17)18)7-20-4-2-3-13(20)21/h5-6,13,21H,2-4,7-8H2,1H3. The summed E-state index contributed by atoms with van der Waals surface area (Å²) in [6.07, 6.45) is -3.67. The van der Waals surface area contributed by atoms with Crippen LogP contribution in [-0.2, 0) is 19.3 Å². The van der Waals surface area contributed by atoms with Crippen molar-refractivity contribution in [2.75, 3.05) is 13.6 Å². The highest BCUT2D eigenvalue weighted by molar-refractivity contribution is 5.98. The van der Waals surface area contributed by atoms with Crippen molar-refractivity contribution in [3.63, 3.8) is 0 Å². The molecule has 0 aliphatic carbocycles. The van der Waals surface area contributed by atoms with E-state index < -0.39 is 18.0 Å². The summed E-state index contributed by atoms with van der Waals surface area (Å²) in [5.74, 6) is -0.385. The maximum Gasteiger partial charge on any atom is 0.416 e. The fraction of sp³-hybridized carbons (Fsp3) is 0.533. The normalized spacial score (nSPS) is 22.5. The lowest BCUT2D eigenvalue weighted by Gasteiger charge is -2.21. The van der Waals surface area contributed by atoms with Crippen LogP contribution in [0.3, 0.4) is 0 Å². The Morgan fingerprint density at radius 2 is 2.09 bits per heavy atom. The van der Waals surface area contributed by atoms with Gasteiger partial charge in [0.05, 0.1) is 5.56 Å². The Bertz CT molecular complexity index is 616. The van der Waals surface area contributed by atoms with Gasteiger partial charge in [-0.15, -0.1) is 0 Å². The molecule has 1 amide bonds. The molecular formula is C15H17F3N2O2. The number of carbonyl (C=O) groups is 1. The minimum atomic E-state index is -4.49. The molecule has 0 spiro atoms. The second-order valence-electron chi connectivity index (χ2n) is 5.92. The third-order valence-corrected chi connectivity index (χ3v) is 4.30. The zero-order valence-electron chi connectivity index (χ0n) is 12.2. The van der Waals surface area contributed by atoms with Crippen LogP contribution in [0.1, 0.15) is 39.9 Å². The smallest absolute Gasteiger partial charge is 0.378 e. The van der Waals surface area contributed by atoms with Gasteiger partial charge in [0, 0.05) is 32.2 Å². The molecule has 1 saturated heterocycles. The topological polar surface area (TPSA) is 43.8 Å². The summed E-state index contributed by atoms with van der Waals surface area (Å²) >= 11 is 0. The van der Waals surface area contributed by atoms with E-state index >= 15 is 0 Å². The van der Waals surface area contributed by atoms with Crippen LogP contribution in [-0.4, -0.2) is 40.6 Å². The van der Waals surface area contributed by atoms with E-state index in [-0.39, 0.29) is 30.1 Å². The maximum absolute atomic E-state index is 13.3. The minimum absolute atomic E-state index is 0.0182. The van der Waals surface area contributed by atoms with Gasteiger partial charge in [-0.1, -0.05) is 0 Å². The predicted octanol–water partition coefficient (Wildman–Crippen LogP) is 2.21. The molecule has 4 nitrogen and oxygen atoms in total. The third kappa shape index (κ3) is 2.59. The molecule has 7 heteroatoms. The number of hydrogen-bond donors (Lipinski definition) is 1. The van der Waals surface area contributed by atoms with Crippen molar-refractivity contribution in [3.8, 4) is 0 Å². The zero-order chi connectivity index (χ0) is 16.1. The molecule has 2 aliphatic rings. The van der Waals surface area contributed by atoms with Gasteiger partial charge in [0.1, 0.15) is 6.23 Å². The number of likely N-dealkylation sites (tertiary alicyclic amines) is 1. The summed E-state index contributed by atoms with van der Waals surface area (Å²) in [5.41, 5.74) is -0.159. The first-order valence-corrected chi connectivity index (χ1v) is 7.18. The molecule has 3 rings (SSSR count). The summed E-state index contributed by atoms with van der Waals surface area (Å²) in [6.45, 7) is 0.845. The molecule has 1 fully saturated rings. The van der Waals surface area contributed by atoms with Gasteiger partial charge in [-0.25, -0.2) is 0 Å². The van der Waals surface area contributed by atoms with E-state index in [0.29, 0.717) is 18.5 Å². The number of carbonyl (C=O) groups excluding carboxylic acids is 1.